The van der Waals surface area contributed by atoms with Crippen LogP contribution in [-0.4, -0.2) is 43.8 Å². The van der Waals surface area contributed by atoms with Crippen LogP contribution in [0.4, 0.5) is 4.79 Å². The highest BCUT2D eigenvalue weighted by Crippen LogP contribution is 2.26. The van der Waals surface area contributed by atoms with E-state index in [4.69, 9.17) is 14.2 Å². The van der Waals surface area contributed by atoms with Gasteiger partial charge in [0.05, 0.1) is 6.61 Å². The van der Waals surface area contributed by atoms with Gasteiger partial charge in [-0.15, -0.1) is 0 Å². The van der Waals surface area contributed by atoms with Crippen molar-refractivity contribution < 1.29 is 28.6 Å². The number of carbonyl (C=O) groups excluding carboxylic acids is 3. The summed E-state index contributed by atoms with van der Waals surface area (Å²) in [5.41, 5.74) is 0. The van der Waals surface area contributed by atoms with E-state index in [0.29, 0.717) is 18.1 Å². The summed E-state index contributed by atoms with van der Waals surface area (Å²) in [7, 11) is 0. The Morgan fingerprint density at radius 1 is 1.04 bits per heavy atom. The summed E-state index contributed by atoms with van der Waals surface area (Å²) in [6.07, 6.45) is 3.97. The third kappa shape index (κ3) is 6.62. The number of ether oxygens (including phenoxy) is 3. The van der Waals surface area contributed by atoms with Crippen molar-refractivity contribution in [1.29, 1.82) is 0 Å². The maximum absolute atomic E-state index is 11.7. The average molecular weight is 364 g/mol. The summed E-state index contributed by atoms with van der Waals surface area (Å²) < 4.78 is 15.5. The summed E-state index contributed by atoms with van der Waals surface area (Å²) in [5.74, 6) is -0.484. The molecule has 3 amide bonds. The van der Waals surface area contributed by atoms with Crippen LogP contribution in [0.2, 0.25) is 0 Å². The smallest absolute Gasteiger partial charge is 0.344 e. The summed E-state index contributed by atoms with van der Waals surface area (Å²) >= 11 is 0. The van der Waals surface area contributed by atoms with Crippen LogP contribution in [-0.2, 0) is 14.3 Å². The van der Waals surface area contributed by atoms with Crippen molar-refractivity contribution in [2.75, 3.05) is 19.8 Å². The van der Waals surface area contributed by atoms with Gasteiger partial charge in [-0.2, -0.15) is 0 Å². The minimum absolute atomic E-state index is 0.101. The molecule has 8 heteroatoms. The minimum Gasteiger partial charge on any atom is -0.490 e. The number of rotatable bonds is 8. The molecular weight excluding hydrogens is 340 g/mol. The number of esters is 1. The number of hydrogen-bond acceptors (Lipinski definition) is 6. The fraction of sp³-hybridized carbons (Fsp3) is 0.500. The molecule has 0 atom stereocenters. The highest BCUT2D eigenvalue weighted by molar-refractivity contribution is 5.95. The van der Waals surface area contributed by atoms with Crippen LogP contribution in [0, 0.1) is 0 Å². The third-order valence-electron chi connectivity index (χ3n) is 3.80. The number of para-hydroxylation sites is 2. The number of carbonyl (C=O) groups is 3. The zero-order chi connectivity index (χ0) is 18.8. The van der Waals surface area contributed by atoms with Crippen molar-refractivity contribution in [3.05, 3.63) is 24.3 Å². The first-order valence-corrected chi connectivity index (χ1v) is 8.69. The van der Waals surface area contributed by atoms with E-state index < -0.39 is 24.5 Å². The second-order valence-corrected chi connectivity index (χ2v) is 5.83. The Kier molecular flexibility index (Phi) is 7.73. The zero-order valence-electron chi connectivity index (χ0n) is 14.8. The molecule has 0 heterocycles. The monoisotopic (exact) mass is 364 g/mol. The molecule has 0 aliphatic heterocycles. The average Bonchev–Trinajstić information content (AvgIpc) is 3.12. The molecule has 1 aliphatic carbocycles. The van der Waals surface area contributed by atoms with Gasteiger partial charge in [-0.05, 0) is 31.9 Å². The van der Waals surface area contributed by atoms with Crippen LogP contribution < -0.4 is 20.1 Å². The Balaban J connectivity index is 1.66. The molecule has 0 spiro atoms. The van der Waals surface area contributed by atoms with Gasteiger partial charge in [0.1, 0.15) is 0 Å². The van der Waals surface area contributed by atoms with E-state index in [9.17, 15) is 14.4 Å². The van der Waals surface area contributed by atoms with Crippen LogP contribution in [0.1, 0.15) is 32.6 Å². The fourth-order valence-corrected chi connectivity index (χ4v) is 2.62. The predicted molar refractivity (Wildman–Crippen MR) is 93.0 cm³/mol. The van der Waals surface area contributed by atoms with E-state index in [1.807, 2.05) is 6.92 Å². The number of hydrogen-bond donors (Lipinski definition) is 2. The number of nitrogens with one attached hydrogen (secondary N) is 2. The summed E-state index contributed by atoms with van der Waals surface area (Å²) in [6.45, 7) is 1.39. The predicted octanol–water partition coefficient (Wildman–Crippen LogP) is 1.78. The lowest BCUT2D eigenvalue weighted by molar-refractivity contribution is -0.150. The van der Waals surface area contributed by atoms with Gasteiger partial charge >= 0.3 is 12.0 Å². The van der Waals surface area contributed by atoms with Crippen LogP contribution in [0.5, 0.6) is 11.5 Å². The molecule has 2 N–H and O–H groups in total. The van der Waals surface area contributed by atoms with Gasteiger partial charge in [-0.1, -0.05) is 25.0 Å². The quantitative estimate of drug-likeness (QED) is 0.682. The maximum Gasteiger partial charge on any atom is 0.344 e. The minimum atomic E-state index is -0.720. The SMILES string of the molecule is CCOc1ccccc1OCC(=O)OCC(=O)NC(=O)NC1CCCC1. The molecule has 0 bridgehead atoms. The van der Waals surface area contributed by atoms with Gasteiger partial charge in [-0.3, -0.25) is 10.1 Å². The van der Waals surface area contributed by atoms with Gasteiger partial charge in [0.15, 0.2) is 24.7 Å². The van der Waals surface area contributed by atoms with Crippen LogP contribution in [0.3, 0.4) is 0 Å². The molecule has 26 heavy (non-hydrogen) atoms. The molecule has 1 fully saturated rings. The Morgan fingerprint density at radius 3 is 2.35 bits per heavy atom. The molecular formula is C18H24N2O6. The molecule has 1 aliphatic rings. The number of benzene rings is 1. The molecule has 8 nitrogen and oxygen atoms in total. The van der Waals surface area contributed by atoms with Crippen molar-refractivity contribution in [3.8, 4) is 11.5 Å². The first-order valence-electron chi connectivity index (χ1n) is 8.69. The third-order valence-corrected chi connectivity index (χ3v) is 3.80. The molecule has 1 saturated carbocycles. The second-order valence-electron chi connectivity index (χ2n) is 5.83. The lowest BCUT2D eigenvalue weighted by Gasteiger charge is -2.13. The van der Waals surface area contributed by atoms with E-state index in [1.165, 1.54) is 0 Å². The van der Waals surface area contributed by atoms with E-state index in [1.54, 1.807) is 24.3 Å². The van der Waals surface area contributed by atoms with Gasteiger partial charge in [0, 0.05) is 6.04 Å². The lowest BCUT2D eigenvalue weighted by atomic mass is 10.2. The van der Waals surface area contributed by atoms with Gasteiger partial charge in [0.2, 0.25) is 0 Å². The fourth-order valence-electron chi connectivity index (χ4n) is 2.62. The van der Waals surface area contributed by atoms with Gasteiger partial charge in [-0.25, -0.2) is 9.59 Å². The second kappa shape index (κ2) is 10.3. The zero-order valence-corrected chi connectivity index (χ0v) is 14.8. The Morgan fingerprint density at radius 2 is 1.69 bits per heavy atom. The normalized spacial score (nSPS) is 13.7. The molecule has 0 unspecified atom stereocenters. The number of urea groups is 1. The summed E-state index contributed by atoms with van der Waals surface area (Å²) in [4.78, 5) is 35.0. The summed E-state index contributed by atoms with van der Waals surface area (Å²) in [5, 5.41) is 4.85. The Bertz CT molecular complexity index is 628. The van der Waals surface area contributed by atoms with Crippen molar-refractivity contribution in [3.63, 3.8) is 0 Å². The van der Waals surface area contributed by atoms with E-state index in [2.05, 4.69) is 10.6 Å². The van der Waals surface area contributed by atoms with Crippen LogP contribution >= 0.6 is 0 Å². The summed E-state index contributed by atoms with van der Waals surface area (Å²) in [6, 6.07) is 6.46. The largest absolute Gasteiger partial charge is 0.490 e. The molecule has 0 aromatic heterocycles. The molecule has 1 aromatic carbocycles. The molecule has 2 rings (SSSR count). The van der Waals surface area contributed by atoms with Gasteiger partial charge < -0.3 is 19.5 Å². The van der Waals surface area contributed by atoms with E-state index >= 15 is 0 Å². The van der Waals surface area contributed by atoms with Crippen molar-refractivity contribution in [2.24, 2.45) is 0 Å². The molecule has 142 valence electrons. The highest BCUT2D eigenvalue weighted by atomic mass is 16.6. The van der Waals surface area contributed by atoms with Gasteiger partial charge in [0.25, 0.3) is 5.91 Å². The molecule has 0 radical (unpaired) electrons. The molecule has 1 aromatic rings. The number of amides is 3. The Hall–Kier alpha value is -2.77. The standard InChI is InChI=1S/C18H24N2O6/c1-2-24-14-9-5-6-10-15(14)25-12-17(22)26-11-16(21)20-18(23)19-13-7-3-4-8-13/h5-6,9-10,13H,2-4,7-8,11-12H2,1H3,(H2,19,20,21,23). The van der Waals surface area contributed by atoms with Crippen molar-refractivity contribution >= 4 is 17.9 Å². The lowest BCUT2D eigenvalue weighted by Crippen LogP contribution is -2.45. The number of imide groups is 1. The van der Waals surface area contributed by atoms with E-state index in [0.717, 1.165) is 25.7 Å². The van der Waals surface area contributed by atoms with Crippen LogP contribution in [0.25, 0.3) is 0 Å². The highest BCUT2D eigenvalue weighted by Gasteiger charge is 2.18. The molecule has 0 saturated heterocycles. The van der Waals surface area contributed by atoms with Crippen molar-refractivity contribution in [2.45, 2.75) is 38.6 Å². The maximum atomic E-state index is 11.7. The van der Waals surface area contributed by atoms with Crippen LogP contribution in [0.15, 0.2) is 24.3 Å². The first kappa shape index (κ1) is 19.6. The first-order chi connectivity index (χ1) is 12.6. The van der Waals surface area contributed by atoms with E-state index in [-0.39, 0.29) is 12.6 Å². The topological polar surface area (TPSA) is 103 Å². The van der Waals surface area contributed by atoms with Crippen molar-refractivity contribution in [1.82, 2.24) is 10.6 Å². The Labute approximate surface area is 152 Å².